The number of thioether (sulfide) groups is 2. The molecule has 2 heterocycles. The van der Waals surface area contributed by atoms with Crippen molar-refractivity contribution in [2.75, 3.05) is 29.5 Å². The van der Waals surface area contributed by atoms with Crippen LogP contribution in [0.3, 0.4) is 0 Å². The van der Waals surface area contributed by atoms with Gasteiger partial charge in [0.1, 0.15) is 5.69 Å². The van der Waals surface area contributed by atoms with Crippen molar-refractivity contribution in [2.24, 2.45) is 0 Å². The Balaban J connectivity index is 1.79. The zero-order chi connectivity index (χ0) is 11.4. The Morgan fingerprint density at radius 3 is 3.12 bits per heavy atom. The molecule has 1 aliphatic heterocycles. The summed E-state index contributed by atoms with van der Waals surface area (Å²) in [5, 5.41) is 5.55. The van der Waals surface area contributed by atoms with Crippen LogP contribution in [-0.2, 0) is 0 Å². The molecule has 1 aliphatic rings. The van der Waals surface area contributed by atoms with Gasteiger partial charge >= 0.3 is 0 Å². The van der Waals surface area contributed by atoms with Crippen molar-refractivity contribution >= 4 is 45.9 Å². The molecule has 0 spiro atoms. The van der Waals surface area contributed by atoms with Crippen LogP contribution < -0.4 is 11.1 Å². The quantitative estimate of drug-likeness (QED) is 0.870. The van der Waals surface area contributed by atoms with Gasteiger partial charge in [-0.15, -0.1) is 11.3 Å². The monoisotopic (exact) mass is 275 g/mol. The molecule has 16 heavy (non-hydrogen) atoms. The van der Waals surface area contributed by atoms with Crippen molar-refractivity contribution < 1.29 is 4.79 Å². The molecule has 2 rings (SSSR count). The number of hydrogen-bond acceptors (Lipinski definition) is 6. The van der Waals surface area contributed by atoms with Gasteiger partial charge in [0.15, 0.2) is 5.13 Å². The normalized spacial score (nSPS) is 20.6. The summed E-state index contributed by atoms with van der Waals surface area (Å²) in [6, 6.07) is 0. The maximum atomic E-state index is 11.7. The van der Waals surface area contributed by atoms with E-state index in [9.17, 15) is 4.79 Å². The van der Waals surface area contributed by atoms with E-state index in [1.54, 1.807) is 5.38 Å². The summed E-state index contributed by atoms with van der Waals surface area (Å²) in [6.07, 6.45) is 0. The highest BCUT2D eigenvalue weighted by Crippen LogP contribution is 2.23. The van der Waals surface area contributed by atoms with Crippen LogP contribution in [0, 0.1) is 0 Å². The molecule has 1 atom stereocenters. The lowest BCUT2D eigenvalue weighted by molar-refractivity contribution is 0.0950. The van der Waals surface area contributed by atoms with Gasteiger partial charge < -0.3 is 11.1 Å². The minimum Gasteiger partial charge on any atom is -0.375 e. The number of nitrogens with one attached hydrogen (secondary N) is 1. The number of carbonyl (C=O) groups excluding carboxylic acids is 1. The maximum Gasteiger partial charge on any atom is 0.270 e. The van der Waals surface area contributed by atoms with Crippen LogP contribution in [0.1, 0.15) is 10.5 Å². The lowest BCUT2D eigenvalue weighted by Gasteiger charge is -2.20. The van der Waals surface area contributed by atoms with Crippen molar-refractivity contribution in [3.05, 3.63) is 11.1 Å². The molecule has 0 radical (unpaired) electrons. The van der Waals surface area contributed by atoms with Gasteiger partial charge in [0.2, 0.25) is 0 Å². The van der Waals surface area contributed by atoms with Crippen molar-refractivity contribution in [1.29, 1.82) is 0 Å². The smallest absolute Gasteiger partial charge is 0.270 e. The van der Waals surface area contributed by atoms with E-state index in [-0.39, 0.29) is 5.91 Å². The molecule has 0 aliphatic carbocycles. The van der Waals surface area contributed by atoms with E-state index in [1.165, 1.54) is 22.8 Å². The van der Waals surface area contributed by atoms with Crippen molar-refractivity contribution in [3.63, 3.8) is 0 Å². The Kier molecular flexibility index (Phi) is 4.37. The average molecular weight is 275 g/mol. The number of amides is 1. The summed E-state index contributed by atoms with van der Waals surface area (Å²) < 4.78 is 0. The number of rotatable bonds is 3. The Morgan fingerprint density at radius 1 is 1.62 bits per heavy atom. The summed E-state index contributed by atoms with van der Waals surface area (Å²) in [5.74, 6) is 3.39. The van der Waals surface area contributed by atoms with Crippen LogP contribution >= 0.6 is 34.9 Å². The zero-order valence-electron chi connectivity index (χ0n) is 8.64. The minimum absolute atomic E-state index is 0.121. The van der Waals surface area contributed by atoms with E-state index in [1.807, 2.05) is 23.5 Å². The molecule has 1 amide bonds. The first-order valence-corrected chi connectivity index (χ1v) is 8.02. The van der Waals surface area contributed by atoms with Gasteiger partial charge in [0.05, 0.1) is 0 Å². The summed E-state index contributed by atoms with van der Waals surface area (Å²) in [7, 11) is 0. The fourth-order valence-corrected chi connectivity index (χ4v) is 4.50. The second-order valence-electron chi connectivity index (χ2n) is 3.35. The second kappa shape index (κ2) is 5.79. The van der Waals surface area contributed by atoms with E-state index in [0.29, 0.717) is 22.6 Å². The van der Waals surface area contributed by atoms with Crippen molar-refractivity contribution in [2.45, 2.75) is 5.25 Å². The number of hydrogen-bond donors (Lipinski definition) is 2. The molecule has 0 bridgehead atoms. The Morgan fingerprint density at radius 2 is 2.50 bits per heavy atom. The first-order chi connectivity index (χ1) is 7.75. The highest BCUT2D eigenvalue weighted by atomic mass is 32.2. The van der Waals surface area contributed by atoms with Crippen LogP contribution in [0.25, 0.3) is 0 Å². The predicted octanol–water partition coefficient (Wildman–Crippen LogP) is 1.30. The first-order valence-electron chi connectivity index (χ1n) is 4.94. The molecule has 0 aromatic carbocycles. The molecule has 1 aromatic heterocycles. The van der Waals surface area contributed by atoms with Crippen LogP contribution in [-0.4, -0.2) is 39.9 Å². The molecule has 3 N–H and O–H groups in total. The third-order valence-corrected chi connectivity index (χ3v) is 5.65. The van der Waals surface area contributed by atoms with E-state index in [0.717, 1.165) is 5.75 Å². The van der Waals surface area contributed by atoms with Gasteiger partial charge in [0.25, 0.3) is 5.91 Å². The number of aromatic nitrogens is 1. The molecule has 0 saturated carbocycles. The molecule has 1 aromatic rings. The summed E-state index contributed by atoms with van der Waals surface area (Å²) in [5.41, 5.74) is 5.90. The van der Waals surface area contributed by atoms with Gasteiger partial charge in [-0.1, -0.05) is 0 Å². The first kappa shape index (κ1) is 12.1. The third kappa shape index (κ3) is 3.29. The molecule has 88 valence electrons. The summed E-state index contributed by atoms with van der Waals surface area (Å²) in [6.45, 7) is 0.716. The Labute approximate surface area is 107 Å². The van der Waals surface area contributed by atoms with Gasteiger partial charge in [-0.2, -0.15) is 23.5 Å². The van der Waals surface area contributed by atoms with E-state index in [2.05, 4.69) is 10.3 Å². The van der Waals surface area contributed by atoms with Crippen molar-refractivity contribution in [3.8, 4) is 0 Å². The maximum absolute atomic E-state index is 11.7. The number of anilines is 1. The van der Waals surface area contributed by atoms with Gasteiger partial charge in [-0.3, -0.25) is 4.79 Å². The van der Waals surface area contributed by atoms with Crippen LogP contribution in [0.4, 0.5) is 5.13 Å². The van der Waals surface area contributed by atoms with Gasteiger partial charge in [-0.05, 0) is 0 Å². The third-order valence-electron chi connectivity index (χ3n) is 2.13. The lowest BCUT2D eigenvalue weighted by Crippen LogP contribution is -2.33. The SMILES string of the molecule is Nc1nc(C(=O)NCC2CSCCS2)cs1. The van der Waals surface area contributed by atoms with E-state index >= 15 is 0 Å². The van der Waals surface area contributed by atoms with Gasteiger partial charge in [0, 0.05) is 34.4 Å². The van der Waals surface area contributed by atoms with Crippen LogP contribution in [0.5, 0.6) is 0 Å². The largest absolute Gasteiger partial charge is 0.375 e. The highest BCUT2D eigenvalue weighted by molar-refractivity contribution is 8.06. The minimum atomic E-state index is -0.121. The number of nitrogens with zero attached hydrogens (tertiary/aromatic N) is 1. The topological polar surface area (TPSA) is 68.0 Å². The number of nitrogens with two attached hydrogens (primary N) is 1. The van der Waals surface area contributed by atoms with E-state index < -0.39 is 0 Å². The number of nitrogen functional groups attached to an aromatic ring is 1. The fourth-order valence-electron chi connectivity index (χ4n) is 1.34. The highest BCUT2D eigenvalue weighted by Gasteiger charge is 2.16. The molecular weight excluding hydrogens is 262 g/mol. The molecular formula is C9H13N3OS3. The molecule has 1 fully saturated rings. The van der Waals surface area contributed by atoms with E-state index in [4.69, 9.17) is 5.73 Å². The van der Waals surface area contributed by atoms with Crippen LogP contribution in [0.15, 0.2) is 5.38 Å². The summed E-state index contributed by atoms with van der Waals surface area (Å²) in [4.78, 5) is 15.6. The zero-order valence-corrected chi connectivity index (χ0v) is 11.1. The Bertz CT molecular complexity index is 363. The average Bonchev–Trinajstić information content (AvgIpc) is 2.74. The lowest BCUT2D eigenvalue weighted by atomic mass is 10.4. The second-order valence-corrected chi connectivity index (χ2v) is 6.80. The molecule has 4 nitrogen and oxygen atoms in total. The fraction of sp³-hybridized carbons (Fsp3) is 0.556. The number of carbonyl (C=O) groups is 1. The standard InChI is InChI=1S/C9H13N3OS3/c10-9-12-7(5-16-9)8(13)11-3-6-4-14-1-2-15-6/h5-6H,1-4H2,(H2,10,12)(H,11,13). The molecule has 1 saturated heterocycles. The molecule has 1 unspecified atom stereocenters. The Hall–Kier alpha value is -0.400. The van der Waals surface area contributed by atoms with Crippen LogP contribution in [0.2, 0.25) is 0 Å². The predicted molar refractivity (Wildman–Crippen MR) is 72.4 cm³/mol. The van der Waals surface area contributed by atoms with Gasteiger partial charge in [-0.25, -0.2) is 4.98 Å². The molecule has 7 heteroatoms. The summed E-state index contributed by atoms with van der Waals surface area (Å²) >= 11 is 5.17. The van der Waals surface area contributed by atoms with Crippen molar-refractivity contribution in [1.82, 2.24) is 10.3 Å². The number of thiazole rings is 1.